The fraction of sp³-hybridized carbons (Fsp3) is 1.00. The first-order valence-corrected chi connectivity index (χ1v) is 3.88. The molecule has 1 aliphatic rings. The van der Waals surface area contributed by atoms with E-state index in [1.165, 1.54) is 0 Å². The Morgan fingerprint density at radius 3 is 2.09 bits per heavy atom. The minimum absolute atomic E-state index is 0.444. The molecule has 0 bridgehead atoms. The lowest BCUT2D eigenvalue weighted by atomic mass is 10.3. The molecule has 5 heteroatoms. The summed E-state index contributed by atoms with van der Waals surface area (Å²) in [6.45, 7) is 2.56. The number of halogens is 2. The highest BCUT2D eigenvalue weighted by atomic mass is 19.4. The van der Waals surface area contributed by atoms with Crippen molar-refractivity contribution in [3.05, 3.63) is 0 Å². The fourth-order valence-electron chi connectivity index (χ4n) is 1.16. The average Bonchev–Trinajstić information content (AvgIpc) is 1.84. The standard InChI is InChI=1S/C6H13F2N3/c7-11(8)10-5-1-3-9-4-2-6-10/h9H,1-6H2. The molecule has 1 N–H and O–H groups in total. The van der Waals surface area contributed by atoms with Crippen LogP contribution in [0.1, 0.15) is 12.8 Å². The number of rotatable bonds is 1. The highest BCUT2D eigenvalue weighted by molar-refractivity contribution is 4.58. The second kappa shape index (κ2) is 4.58. The number of nitrogens with one attached hydrogen (secondary N) is 1. The molecule has 0 aliphatic carbocycles. The molecule has 1 saturated heterocycles. The zero-order chi connectivity index (χ0) is 8.10. The molecule has 0 unspecified atom stereocenters. The minimum atomic E-state index is -0.800. The summed E-state index contributed by atoms with van der Waals surface area (Å²) in [6, 6.07) is 0. The zero-order valence-electron chi connectivity index (χ0n) is 6.39. The van der Waals surface area contributed by atoms with E-state index in [0.717, 1.165) is 30.9 Å². The Hall–Kier alpha value is -0.260. The molecule has 3 nitrogen and oxygen atoms in total. The summed E-state index contributed by atoms with van der Waals surface area (Å²) in [6.07, 6.45) is 1.56. The topological polar surface area (TPSA) is 18.5 Å². The molecule has 0 saturated carbocycles. The molecule has 1 fully saturated rings. The highest BCUT2D eigenvalue weighted by Crippen LogP contribution is 2.03. The van der Waals surface area contributed by atoms with E-state index < -0.39 is 5.45 Å². The molecule has 0 spiro atoms. The van der Waals surface area contributed by atoms with Gasteiger partial charge in [0.15, 0.2) is 0 Å². The van der Waals surface area contributed by atoms with Crippen LogP contribution < -0.4 is 5.32 Å². The Morgan fingerprint density at radius 2 is 1.64 bits per heavy atom. The fourth-order valence-corrected chi connectivity index (χ4v) is 1.16. The van der Waals surface area contributed by atoms with Gasteiger partial charge in [0.25, 0.3) is 0 Å². The van der Waals surface area contributed by atoms with Crippen molar-refractivity contribution in [2.75, 3.05) is 26.2 Å². The predicted molar refractivity (Wildman–Crippen MR) is 37.7 cm³/mol. The maximum absolute atomic E-state index is 12.0. The number of hydrazine groups is 1. The Bertz CT molecular complexity index is 102. The van der Waals surface area contributed by atoms with Gasteiger partial charge in [-0.05, 0) is 25.9 Å². The van der Waals surface area contributed by atoms with Crippen LogP contribution >= 0.6 is 0 Å². The molecular weight excluding hydrogens is 152 g/mol. The lowest BCUT2D eigenvalue weighted by molar-refractivity contribution is -0.301. The summed E-state index contributed by atoms with van der Waals surface area (Å²) in [4.78, 5) is 0. The van der Waals surface area contributed by atoms with Crippen LogP contribution in [0.2, 0.25) is 0 Å². The molecule has 1 aliphatic heterocycles. The van der Waals surface area contributed by atoms with Gasteiger partial charge < -0.3 is 5.32 Å². The highest BCUT2D eigenvalue weighted by Gasteiger charge is 2.14. The summed E-state index contributed by atoms with van der Waals surface area (Å²) in [5.41, 5.74) is -0.800. The predicted octanol–water partition coefficient (Wildman–Crippen LogP) is 0.658. The first-order chi connectivity index (χ1) is 5.30. The van der Waals surface area contributed by atoms with Crippen molar-refractivity contribution in [1.82, 2.24) is 15.8 Å². The van der Waals surface area contributed by atoms with Gasteiger partial charge in [0.2, 0.25) is 0 Å². The third-order valence-corrected chi connectivity index (χ3v) is 1.75. The Morgan fingerprint density at radius 1 is 1.09 bits per heavy atom. The van der Waals surface area contributed by atoms with Crippen molar-refractivity contribution in [2.45, 2.75) is 12.8 Å². The molecular formula is C6H13F2N3. The second-order valence-corrected chi connectivity index (χ2v) is 2.63. The van der Waals surface area contributed by atoms with E-state index in [2.05, 4.69) is 5.32 Å². The van der Waals surface area contributed by atoms with E-state index in [1.54, 1.807) is 0 Å². The third kappa shape index (κ3) is 3.09. The monoisotopic (exact) mass is 165 g/mol. The van der Waals surface area contributed by atoms with Gasteiger partial charge in [-0.25, -0.2) is 0 Å². The van der Waals surface area contributed by atoms with Crippen LogP contribution in [-0.4, -0.2) is 36.6 Å². The van der Waals surface area contributed by atoms with Crippen LogP contribution in [0.15, 0.2) is 0 Å². The van der Waals surface area contributed by atoms with Gasteiger partial charge in [-0.3, -0.25) is 0 Å². The molecule has 0 radical (unpaired) electrons. The van der Waals surface area contributed by atoms with Crippen LogP contribution in [0.5, 0.6) is 0 Å². The lowest BCUT2D eigenvalue weighted by Crippen LogP contribution is -2.38. The molecule has 11 heavy (non-hydrogen) atoms. The summed E-state index contributed by atoms with van der Waals surface area (Å²) < 4.78 is 23.9. The summed E-state index contributed by atoms with van der Waals surface area (Å²) in [5, 5.41) is 4.23. The van der Waals surface area contributed by atoms with E-state index in [4.69, 9.17) is 0 Å². The van der Waals surface area contributed by atoms with Crippen LogP contribution in [0.3, 0.4) is 0 Å². The smallest absolute Gasteiger partial charge is 0.0980 e. The van der Waals surface area contributed by atoms with Gasteiger partial charge in [-0.15, -0.1) is 0 Å². The van der Waals surface area contributed by atoms with Gasteiger partial charge in [-0.2, -0.15) is 5.01 Å². The van der Waals surface area contributed by atoms with Gasteiger partial charge in [0, 0.05) is 13.1 Å². The molecule has 0 aromatic heterocycles. The number of hydrogen-bond donors (Lipinski definition) is 1. The largest absolute Gasteiger partial charge is 0.317 e. The molecule has 0 aromatic carbocycles. The lowest BCUT2D eigenvalue weighted by Gasteiger charge is -2.23. The quantitative estimate of drug-likeness (QED) is 0.576. The Balaban J connectivity index is 2.26. The molecule has 0 atom stereocenters. The van der Waals surface area contributed by atoms with Crippen LogP contribution in [-0.2, 0) is 0 Å². The SMILES string of the molecule is FN(F)N1CCCNCCC1. The molecule has 0 amide bonds. The van der Waals surface area contributed by atoms with Crippen molar-refractivity contribution in [3.8, 4) is 0 Å². The average molecular weight is 165 g/mol. The van der Waals surface area contributed by atoms with Crippen LogP contribution in [0.25, 0.3) is 0 Å². The van der Waals surface area contributed by atoms with E-state index in [1.807, 2.05) is 0 Å². The summed E-state index contributed by atoms with van der Waals surface area (Å²) in [7, 11) is 0. The van der Waals surface area contributed by atoms with Gasteiger partial charge in [0.05, 0.1) is 5.45 Å². The second-order valence-electron chi connectivity index (χ2n) is 2.63. The van der Waals surface area contributed by atoms with Crippen molar-refractivity contribution in [3.63, 3.8) is 0 Å². The molecule has 0 aromatic rings. The van der Waals surface area contributed by atoms with E-state index in [0.29, 0.717) is 13.1 Å². The van der Waals surface area contributed by atoms with E-state index >= 15 is 0 Å². The number of nitrogens with zero attached hydrogens (tertiary/aromatic N) is 2. The minimum Gasteiger partial charge on any atom is -0.317 e. The molecule has 66 valence electrons. The summed E-state index contributed by atoms with van der Waals surface area (Å²) in [5.74, 6) is 0. The van der Waals surface area contributed by atoms with Crippen LogP contribution in [0, 0.1) is 0 Å². The van der Waals surface area contributed by atoms with Crippen molar-refractivity contribution >= 4 is 0 Å². The van der Waals surface area contributed by atoms with Crippen molar-refractivity contribution in [2.24, 2.45) is 0 Å². The summed E-state index contributed by atoms with van der Waals surface area (Å²) >= 11 is 0. The van der Waals surface area contributed by atoms with Crippen molar-refractivity contribution < 1.29 is 8.96 Å². The zero-order valence-corrected chi connectivity index (χ0v) is 6.39. The maximum Gasteiger partial charge on any atom is 0.0980 e. The Kier molecular flexibility index (Phi) is 3.68. The van der Waals surface area contributed by atoms with Gasteiger partial charge in [-0.1, -0.05) is 8.96 Å². The van der Waals surface area contributed by atoms with E-state index in [-0.39, 0.29) is 0 Å². The molecule has 1 rings (SSSR count). The Labute approximate surface area is 64.8 Å². The maximum atomic E-state index is 12.0. The first kappa shape index (κ1) is 8.83. The first-order valence-electron chi connectivity index (χ1n) is 3.88. The van der Waals surface area contributed by atoms with Crippen molar-refractivity contribution in [1.29, 1.82) is 0 Å². The normalized spacial score (nSPS) is 23.2. The number of hydrogen-bond acceptors (Lipinski definition) is 3. The van der Waals surface area contributed by atoms with Gasteiger partial charge >= 0.3 is 0 Å². The van der Waals surface area contributed by atoms with Crippen LogP contribution in [0.4, 0.5) is 8.96 Å². The van der Waals surface area contributed by atoms with E-state index in [9.17, 15) is 8.96 Å². The molecule has 1 heterocycles. The third-order valence-electron chi connectivity index (χ3n) is 1.75. The van der Waals surface area contributed by atoms with Gasteiger partial charge in [0.1, 0.15) is 0 Å².